The van der Waals surface area contributed by atoms with Crippen LogP contribution in [0.5, 0.6) is 11.5 Å². The smallest absolute Gasteiger partial charge is 0.175 e. The summed E-state index contributed by atoms with van der Waals surface area (Å²) in [6, 6.07) is 64.9. The van der Waals surface area contributed by atoms with Gasteiger partial charge in [0.05, 0.1) is 28.2 Å². The molecule has 56 heavy (non-hydrogen) atoms. The molecule has 1 spiro atoms. The summed E-state index contributed by atoms with van der Waals surface area (Å²) in [7, 11) is 0. The number of aryl methyl sites for hydroxylation is 1. The third-order valence-electron chi connectivity index (χ3n) is 13.0. The monoisotopic (exact) mass is 718 g/mol. The maximum atomic E-state index is 7.21. The van der Waals surface area contributed by atoms with E-state index in [1.54, 1.807) is 0 Å². The molecular formula is C53H38N2O. The van der Waals surface area contributed by atoms with Crippen LogP contribution in [0.3, 0.4) is 0 Å². The van der Waals surface area contributed by atoms with E-state index in [1.807, 2.05) is 0 Å². The van der Waals surface area contributed by atoms with Crippen molar-refractivity contribution in [3.63, 3.8) is 0 Å². The lowest BCUT2D eigenvalue weighted by atomic mass is 9.70. The Balaban J connectivity index is 1.15. The summed E-state index contributed by atoms with van der Waals surface area (Å²) < 4.78 is 7.21. The van der Waals surface area contributed by atoms with Gasteiger partial charge in [-0.15, -0.1) is 0 Å². The molecule has 0 N–H and O–H groups in total. The minimum Gasteiger partial charge on any atom is -0.451 e. The Morgan fingerprint density at radius 1 is 0.464 bits per heavy atom. The molecule has 266 valence electrons. The molecule has 3 nitrogen and oxygen atoms in total. The lowest BCUT2D eigenvalue weighted by Crippen LogP contribution is -2.33. The third-order valence-corrected chi connectivity index (χ3v) is 13.0. The Morgan fingerprint density at radius 2 is 1.05 bits per heavy atom. The lowest BCUT2D eigenvalue weighted by molar-refractivity contribution is 0.472. The van der Waals surface area contributed by atoms with Crippen LogP contribution < -0.4 is 14.5 Å². The Hall–Kier alpha value is -6.84. The molecule has 0 bridgehead atoms. The van der Waals surface area contributed by atoms with E-state index in [1.165, 1.54) is 66.9 Å². The Labute approximate surface area is 327 Å². The van der Waals surface area contributed by atoms with Gasteiger partial charge < -0.3 is 14.5 Å². The van der Waals surface area contributed by atoms with Crippen molar-refractivity contribution < 1.29 is 4.74 Å². The van der Waals surface area contributed by atoms with Crippen LogP contribution in [0.1, 0.15) is 52.8 Å². The van der Waals surface area contributed by atoms with Gasteiger partial charge in [-0.3, -0.25) is 0 Å². The maximum Gasteiger partial charge on any atom is 0.175 e. The first-order valence-corrected chi connectivity index (χ1v) is 19.6. The normalized spacial score (nSPS) is 15.1. The minimum atomic E-state index is -0.445. The van der Waals surface area contributed by atoms with E-state index in [9.17, 15) is 0 Å². The van der Waals surface area contributed by atoms with Crippen LogP contribution in [-0.2, 0) is 10.8 Å². The largest absolute Gasteiger partial charge is 0.451 e. The maximum absolute atomic E-state index is 7.21. The highest BCUT2D eigenvalue weighted by atomic mass is 16.5. The van der Waals surface area contributed by atoms with Crippen LogP contribution in [0.15, 0.2) is 176 Å². The van der Waals surface area contributed by atoms with Crippen LogP contribution in [-0.4, -0.2) is 0 Å². The molecule has 0 amide bonds. The number of fused-ring (bicyclic) bond motifs is 14. The Bertz CT molecular complexity index is 2900. The average molecular weight is 719 g/mol. The van der Waals surface area contributed by atoms with Crippen molar-refractivity contribution in [3.05, 3.63) is 215 Å². The van der Waals surface area contributed by atoms with Gasteiger partial charge in [0.15, 0.2) is 11.5 Å². The second-order valence-electron chi connectivity index (χ2n) is 16.1. The summed E-state index contributed by atoms with van der Waals surface area (Å²) in [4.78, 5) is 4.87. The fourth-order valence-corrected chi connectivity index (χ4v) is 10.6. The van der Waals surface area contributed by atoms with Crippen molar-refractivity contribution in [2.24, 2.45) is 0 Å². The molecule has 0 aromatic heterocycles. The van der Waals surface area contributed by atoms with Gasteiger partial charge in [0.1, 0.15) is 0 Å². The number of nitrogens with zero attached hydrogens (tertiary/aromatic N) is 2. The first kappa shape index (κ1) is 31.5. The van der Waals surface area contributed by atoms with Gasteiger partial charge in [-0.25, -0.2) is 0 Å². The quantitative estimate of drug-likeness (QED) is 0.181. The standard InChI is InChI=1S/C53H38N2O/c1-33-16-15-27-48-49(33)55-46-26-14-13-25-43(46)52(2,3)44-30-31-47(51(56-48)50(44)55)54(34-17-5-4-6-18-34)35-28-29-39-38-21-9-12-24-42(38)53(45(39)32-35)40-22-10-7-19-36(40)37-20-8-11-23-41(37)53/h4-32H,1-3H3. The van der Waals surface area contributed by atoms with Crippen LogP contribution in [0.25, 0.3) is 22.3 Å². The summed E-state index contributed by atoms with van der Waals surface area (Å²) in [6.45, 7) is 6.87. The van der Waals surface area contributed by atoms with Gasteiger partial charge in [-0.05, 0) is 111 Å². The van der Waals surface area contributed by atoms with Crippen molar-refractivity contribution in [1.29, 1.82) is 0 Å². The average Bonchev–Trinajstić information content (AvgIpc) is 3.70. The van der Waals surface area contributed by atoms with Crippen molar-refractivity contribution in [1.82, 2.24) is 0 Å². The molecule has 0 atom stereocenters. The van der Waals surface area contributed by atoms with E-state index < -0.39 is 5.41 Å². The summed E-state index contributed by atoms with van der Waals surface area (Å²) in [5.41, 5.74) is 20.1. The molecule has 2 heterocycles. The number of benzene rings is 8. The molecule has 0 unspecified atom stereocenters. The Morgan fingerprint density at radius 3 is 1.73 bits per heavy atom. The zero-order valence-electron chi connectivity index (χ0n) is 31.5. The van der Waals surface area contributed by atoms with Gasteiger partial charge in [-0.2, -0.15) is 0 Å². The van der Waals surface area contributed by atoms with E-state index in [-0.39, 0.29) is 5.41 Å². The highest BCUT2D eigenvalue weighted by molar-refractivity contribution is 6.00. The molecule has 0 saturated heterocycles. The first-order valence-electron chi connectivity index (χ1n) is 19.6. The fraction of sp³-hybridized carbons (Fsp3) is 0.0943. The molecule has 2 aliphatic heterocycles. The minimum absolute atomic E-state index is 0.244. The second-order valence-corrected chi connectivity index (χ2v) is 16.1. The van der Waals surface area contributed by atoms with Gasteiger partial charge in [-0.1, -0.05) is 147 Å². The van der Waals surface area contributed by atoms with Crippen molar-refractivity contribution >= 4 is 34.1 Å². The number of anilines is 6. The van der Waals surface area contributed by atoms with Crippen molar-refractivity contribution in [2.45, 2.75) is 31.6 Å². The number of para-hydroxylation sites is 3. The summed E-state index contributed by atoms with van der Waals surface area (Å²) in [5.74, 6) is 1.73. The summed E-state index contributed by atoms with van der Waals surface area (Å²) in [6.07, 6.45) is 0. The van der Waals surface area contributed by atoms with E-state index >= 15 is 0 Å². The van der Waals surface area contributed by atoms with E-state index in [2.05, 4.69) is 206 Å². The van der Waals surface area contributed by atoms with Crippen molar-refractivity contribution in [2.75, 3.05) is 9.80 Å². The van der Waals surface area contributed by atoms with E-state index in [0.717, 1.165) is 39.9 Å². The molecule has 4 aliphatic rings. The van der Waals surface area contributed by atoms with Crippen LogP contribution in [0.4, 0.5) is 34.1 Å². The molecular weight excluding hydrogens is 681 g/mol. The van der Waals surface area contributed by atoms with Crippen LogP contribution in [0, 0.1) is 6.92 Å². The van der Waals surface area contributed by atoms with Crippen LogP contribution >= 0.6 is 0 Å². The van der Waals surface area contributed by atoms with Crippen LogP contribution in [0.2, 0.25) is 0 Å². The first-order chi connectivity index (χ1) is 27.5. The SMILES string of the molecule is Cc1cccc2c1N1c3ccccc3C(C)(C)c3ccc(N(c4ccccc4)c4ccc5c(c4)C4(c6ccccc6-c6ccccc64)c4ccccc4-5)c(c31)O2. The molecule has 3 heteroatoms. The van der Waals surface area contributed by atoms with Gasteiger partial charge >= 0.3 is 0 Å². The number of hydrogen-bond acceptors (Lipinski definition) is 3. The topological polar surface area (TPSA) is 15.7 Å². The van der Waals surface area contributed by atoms with E-state index in [4.69, 9.17) is 4.74 Å². The van der Waals surface area contributed by atoms with E-state index in [0.29, 0.717) is 0 Å². The highest BCUT2D eigenvalue weighted by Gasteiger charge is 2.52. The molecule has 8 aromatic carbocycles. The fourth-order valence-electron chi connectivity index (χ4n) is 10.6. The number of ether oxygens (including phenoxy) is 1. The summed E-state index contributed by atoms with van der Waals surface area (Å²) in [5, 5.41) is 0. The number of hydrogen-bond donors (Lipinski definition) is 0. The molecule has 0 radical (unpaired) electrons. The molecule has 2 aliphatic carbocycles. The van der Waals surface area contributed by atoms with Gasteiger partial charge in [0.25, 0.3) is 0 Å². The van der Waals surface area contributed by atoms with Gasteiger partial charge in [0.2, 0.25) is 0 Å². The predicted molar refractivity (Wildman–Crippen MR) is 229 cm³/mol. The lowest BCUT2D eigenvalue weighted by Gasteiger charge is -2.46. The molecule has 0 saturated carbocycles. The number of rotatable bonds is 3. The predicted octanol–water partition coefficient (Wildman–Crippen LogP) is 14.0. The van der Waals surface area contributed by atoms with Gasteiger partial charge in [0, 0.05) is 16.8 Å². The molecule has 12 rings (SSSR count). The Kier molecular flexibility index (Phi) is 6.25. The third kappa shape index (κ3) is 3.87. The van der Waals surface area contributed by atoms with Crippen molar-refractivity contribution in [3.8, 4) is 33.8 Å². The molecule has 8 aromatic rings. The zero-order chi connectivity index (χ0) is 37.3. The zero-order valence-corrected chi connectivity index (χ0v) is 31.5. The highest BCUT2D eigenvalue weighted by Crippen LogP contribution is 2.65. The molecule has 0 fully saturated rings. The summed E-state index contributed by atoms with van der Waals surface area (Å²) >= 11 is 0. The second kappa shape index (κ2) is 11.1.